The van der Waals surface area contributed by atoms with Crippen molar-refractivity contribution in [2.75, 3.05) is 19.6 Å². The summed E-state index contributed by atoms with van der Waals surface area (Å²) in [7, 11) is 0. The smallest absolute Gasteiger partial charge is 0.241 e. The van der Waals surface area contributed by atoms with E-state index in [0.29, 0.717) is 5.92 Å². The zero-order valence-electron chi connectivity index (χ0n) is 11.7. The first kappa shape index (κ1) is 14.3. The van der Waals surface area contributed by atoms with Gasteiger partial charge >= 0.3 is 0 Å². The molecule has 0 aromatic carbocycles. The summed E-state index contributed by atoms with van der Waals surface area (Å²) in [5.41, 5.74) is 5.95. The molecule has 19 heavy (non-hydrogen) atoms. The predicted molar refractivity (Wildman–Crippen MR) is 73.3 cm³/mol. The zero-order valence-corrected chi connectivity index (χ0v) is 11.7. The second-order valence-electron chi connectivity index (χ2n) is 6.07. The van der Waals surface area contributed by atoms with E-state index < -0.39 is 0 Å². The van der Waals surface area contributed by atoms with Crippen molar-refractivity contribution in [2.45, 2.75) is 45.1 Å². The van der Waals surface area contributed by atoms with E-state index in [1.165, 1.54) is 0 Å². The number of rotatable bonds is 3. The van der Waals surface area contributed by atoms with Crippen molar-refractivity contribution in [1.82, 2.24) is 10.2 Å². The fraction of sp³-hybridized carbons (Fsp3) is 0.857. The van der Waals surface area contributed by atoms with Gasteiger partial charge in [0, 0.05) is 25.0 Å². The predicted octanol–water partition coefficient (Wildman–Crippen LogP) is 0.489. The molecule has 3 unspecified atom stereocenters. The Bertz CT molecular complexity index is 330. The van der Waals surface area contributed by atoms with E-state index >= 15 is 0 Å². The molecule has 2 aliphatic rings. The van der Waals surface area contributed by atoms with E-state index in [1.807, 2.05) is 4.90 Å². The number of amides is 2. The van der Waals surface area contributed by atoms with Crippen molar-refractivity contribution < 1.29 is 9.59 Å². The van der Waals surface area contributed by atoms with E-state index in [2.05, 4.69) is 12.2 Å². The van der Waals surface area contributed by atoms with Crippen LogP contribution >= 0.6 is 0 Å². The van der Waals surface area contributed by atoms with Gasteiger partial charge in [-0.05, 0) is 38.0 Å². The number of hydrogen-bond donors (Lipinski definition) is 2. The van der Waals surface area contributed by atoms with Crippen LogP contribution in [0.1, 0.15) is 39.0 Å². The van der Waals surface area contributed by atoms with E-state index in [4.69, 9.17) is 5.73 Å². The molecule has 0 aromatic rings. The molecule has 1 heterocycles. The molecule has 5 heteroatoms. The Morgan fingerprint density at radius 3 is 2.53 bits per heavy atom. The van der Waals surface area contributed by atoms with Crippen LogP contribution in [0.4, 0.5) is 0 Å². The summed E-state index contributed by atoms with van der Waals surface area (Å²) in [6.45, 7) is 3.94. The second-order valence-corrected chi connectivity index (χ2v) is 6.07. The van der Waals surface area contributed by atoms with Gasteiger partial charge in [0.1, 0.15) is 0 Å². The quantitative estimate of drug-likeness (QED) is 0.781. The summed E-state index contributed by atoms with van der Waals surface area (Å²) in [6.07, 6.45) is 4.78. The van der Waals surface area contributed by atoms with Crippen LogP contribution in [0.5, 0.6) is 0 Å². The van der Waals surface area contributed by atoms with Gasteiger partial charge in [0.15, 0.2) is 0 Å². The number of carbonyl (C=O) groups excluding carboxylic acids is 2. The van der Waals surface area contributed by atoms with Gasteiger partial charge in [-0.2, -0.15) is 0 Å². The number of likely N-dealkylation sites (tertiary alicyclic amines) is 1. The first-order chi connectivity index (χ1) is 9.06. The topological polar surface area (TPSA) is 75.4 Å². The Kier molecular flexibility index (Phi) is 4.80. The normalized spacial score (nSPS) is 31.3. The number of carbonyl (C=O) groups is 2. The van der Waals surface area contributed by atoms with Crippen molar-refractivity contribution >= 4 is 11.8 Å². The van der Waals surface area contributed by atoms with Crippen LogP contribution in [0.25, 0.3) is 0 Å². The van der Waals surface area contributed by atoms with Crippen LogP contribution in [0.15, 0.2) is 0 Å². The maximum Gasteiger partial charge on any atom is 0.241 e. The Balaban J connectivity index is 1.75. The Morgan fingerprint density at radius 1 is 1.21 bits per heavy atom. The number of nitrogens with one attached hydrogen (secondary N) is 1. The highest BCUT2D eigenvalue weighted by Gasteiger charge is 2.29. The molecule has 2 amide bonds. The SMILES string of the molecule is CC1CC(N)CC(C(=O)NCC(=O)N2CCCC2)C1. The van der Waals surface area contributed by atoms with Crippen LogP contribution in [0.3, 0.4) is 0 Å². The largest absolute Gasteiger partial charge is 0.347 e. The lowest BCUT2D eigenvalue weighted by Crippen LogP contribution is -2.44. The van der Waals surface area contributed by atoms with Crippen molar-refractivity contribution in [3.63, 3.8) is 0 Å². The summed E-state index contributed by atoms with van der Waals surface area (Å²) in [4.78, 5) is 25.7. The van der Waals surface area contributed by atoms with Gasteiger partial charge in [0.05, 0.1) is 6.54 Å². The molecule has 1 aliphatic carbocycles. The minimum atomic E-state index is -0.0230. The molecule has 1 saturated carbocycles. The number of hydrogen-bond acceptors (Lipinski definition) is 3. The molecule has 1 aliphatic heterocycles. The van der Waals surface area contributed by atoms with Gasteiger partial charge in [-0.3, -0.25) is 9.59 Å². The first-order valence-electron chi connectivity index (χ1n) is 7.37. The number of nitrogens with two attached hydrogens (primary N) is 1. The molecular weight excluding hydrogens is 242 g/mol. The Hall–Kier alpha value is -1.10. The van der Waals surface area contributed by atoms with Gasteiger partial charge in [-0.15, -0.1) is 0 Å². The van der Waals surface area contributed by atoms with E-state index in [9.17, 15) is 9.59 Å². The first-order valence-corrected chi connectivity index (χ1v) is 7.37. The third kappa shape index (κ3) is 3.93. The Morgan fingerprint density at radius 2 is 1.89 bits per heavy atom. The molecule has 0 bridgehead atoms. The Labute approximate surface area is 114 Å². The van der Waals surface area contributed by atoms with Crippen molar-refractivity contribution in [3.05, 3.63) is 0 Å². The van der Waals surface area contributed by atoms with E-state index in [-0.39, 0.29) is 30.3 Å². The van der Waals surface area contributed by atoms with Crippen molar-refractivity contribution in [2.24, 2.45) is 17.6 Å². The standard InChI is InChI=1S/C14H25N3O2/c1-10-6-11(8-12(15)7-10)14(19)16-9-13(18)17-4-2-3-5-17/h10-12H,2-9,15H2,1H3,(H,16,19). The fourth-order valence-corrected chi connectivity index (χ4v) is 3.26. The van der Waals surface area contributed by atoms with Gasteiger partial charge in [-0.1, -0.05) is 6.92 Å². The van der Waals surface area contributed by atoms with Crippen molar-refractivity contribution in [1.29, 1.82) is 0 Å². The number of nitrogens with zero attached hydrogens (tertiary/aromatic N) is 1. The molecule has 2 fully saturated rings. The molecule has 0 radical (unpaired) electrons. The lowest BCUT2D eigenvalue weighted by atomic mass is 9.79. The zero-order chi connectivity index (χ0) is 13.8. The highest BCUT2D eigenvalue weighted by atomic mass is 16.2. The maximum absolute atomic E-state index is 12.1. The third-order valence-corrected chi connectivity index (χ3v) is 4.22. The monoisotopic (exact) mass is 267 g/mol. The second kappa shape index (κ2) is 6.37. The van der Waals surface area contributed by atoms with Gasteiger partial charge in [-0.25, -0.2) is 0 Å². The highest BCUT2D eigenvalue weighted by Crippen LogP contribution is 2.28. The molecular formula is C14H25N3O2. The van der Waals surface area contributed by atoms with E-state index in [1.54, 1.807) is 0 Å². The summed E-state index contributed by atoms with van der Waals surface area (Å²) in [6, 6.07) is 0.119. The van der Waals surface area contributed by atoms with Crippen LogP contribution in [0.2, 0.25) is 0 Å². The van der Waals surface area contributed by atoms with Gasteiger partial charge < -0.3 is 16.0 Å². The van der Waals surface area contributed by atoms with Crippen LogP contribution in [0, 0.1) is 11.8 Å². The van der Waals surface area contributed by atoms with Crippen LogP contribution < -0.4 is 11.1 Å². The third-order valence-electron chi connectivity index (χ3n) is 4.22. The molecule has 1 saturated heterocycles. The molecule has 3 N–H and O–H groups in total. The molecule has 2 rings (SSSR count). The minimum Gasteiger partial charge on any atom is -0.347 e. The van der Waals surface area contributed by atoms with Crippen LogP contribution in [-0.2, 0) is 9.59 Å². The van der Waals surface area contributed by atoms with Gasteiger partial charge in [0.2, 0.25) is 11.8 Å². The summed E-state index contributed by atoms with van der Waals surface area (Å²) in [5.74, 6) is 0.507. The maximum atomic E-state index is 12.1. The van der Waals surface area contributed by atoms with Crippen LogP contribution in [-0.4, -0.2) is 42.4 Å². The van der Waals surface area contributed by atoms with E-state index in [0.717, 1.165) is 45.2 Å². The average molecular weight is 267 g/mol. The minimum absolute atomic E-state index is 0.00505. The summed E-state index contributed by atoms with van der Waals surface area (Å²) < 4.78 is 0. The molecule has 3 atom stereocenters. The lowest BCUT2D eigenvalue weighted by Gasteiger charge is -2.30. The van der Waals surface area contributed by atoms with Crippen molar-refractivity contribution in [3.8, 4) is 0 Å². The highest BCUT2D eigenvalue weighted by molar-refractivity contribution is 5.86. The fourth-order valence-electron chi connectivity index (χ4n) is 3.26. The lowest BCUT2D eigenvalue weighted by molar-refractivity contribution is -0.133. The average Bonchev–Trinajstić information content (AvgIpc) is 2.88. The summed E-state index contributed by atoms with van der Waals surface area (Å²) in [5, 5.41) is 2.78. The molecule has 0 aromatic heterocycles. The molecule has 0 spiro atoms. The molecule has 108 valence electrons. The summed E-state index contributed by atoms with van der Waals surface area (Å²) >= 11 is 0. The molecule has 5 nitrogen and oxygen atoms in total. The van der Waals surface area contributed by atoms with Gasteiger partial charge in [0.25, 0.3) is 0 Å².